The smallest absolute Gasteiger partial charge is 0.251 e. The van der Waals surface area contributed by atoms with Gasteiger partial charge in [0.05, 0.1) is 6.26 Å². The molecule has 134 valence electrons. The third-order valence-electron chi connectivity index (χ3n) is 3.90. The van der Waals surface area contributed by atoms with Crippen molar-refractivity contribution >= 4 is 15.9 Å². The summed E-state index contributed by atoms with van der Waals surface area (Å²) >= 11 is 0. The summed E-state index contributed by atoms with van der Waals surface area (Å²) in [6.07, 6.45) is 1.11. The van der Waals surface area contributed by atoms with Crippen LogP contribution in [0.15, 0.2) is 42.5 Å². The van der Waals surface area contributed by atoms with Crippen LogP contribution in [-0.4, -0.2) is 45.0 Å². The molecule has 0 heterocycles. The van der Waals surface area contributed by atoms with Gasteiger partial charge in [0.1, 0.15) is 5.82 Å². The molecule has 0 aliphatic heterocycles. The predicted molar refractivity (Wildman–Crippen MR) is 96.4 cm³/mol. The number of carbonyl (C=O) groups is 1. The SMILES string of the molecule is Cc1cc(F)ccc1-c1cccc(C(=O)NCCN(C)S(C)(=O)=O)c1. The molecular formula is C18H21FN2O3S. The van der Waals surface area contributed by atoms with E-state index < -0.39 is 10.0 Å². The maximum Gasteiger partial charge on any atom is 0.251 e. The van der Waals surface area contributed by atoms with Gasteiger partial charge < -0.3 is 5.32 Å². The van der Waals surface area contributed by atoms with Crippen LogP contribution in [0.1, 0.15) is 15.9 Å². The maximum absolute atomic E-state index is 13.2. The van der Waals surface area contributed by atoms with E-state index in [4.69, 9.17) is 0 Å². The van der Waals surface area contributed by atoms with Crippen LogP contribution in [0.5, 0.6) is 0 Å². The van der Waals surface area contributed by atoms with Gasteiger partial charge in [0, 0.05) is 25.7 Å². The molecule has 2 rings (SSSR count). The Morgan fingerprint density at radius 1 is 1.20 bits per heavy atom. The molecule has 5 nitrogen and oxygen atoms in total. The number of carbonyl (C=O) groups excluding carboxylic acids is 1. The Morgan fingerprint density at radius 3 is 2.56 bits per heavy atom. The minimum absolute atomic E-state index is 0.196. The molecule has 7 heteroatoms. The van der Waals surface area contributed by atoms with Crippen LogP contribution in [-0.2, 0) is 10.0 Å². The second-order valence-electron chi connectivity index (χ2n) is 5.88. The van der Waals surface area contributed by atoms with E-state index in [1.807, 2.05) is 13.0 Å². The summed E-state index contributed by atoms with van der Waals surface area (Å²) in [5.41, 5.74) is 2.92. The maximum atomic E-state index is 13.2. The number of halogens is 1. The minimum atomic E-state index is -3.27. The molecule has 25 heavy (non-hydrogen) atoms. The van der Waals surface area contributed by atoms with Crippen molar-refractivity contribution in [2.45, 2.75) is 6.92 Å². The Kier molecular flexibility index (Phi) is 5.92. The lowest BCUT2D eigenvalue weighted by molar-refractivity contribution is 0.0952. The average Bonchev–Trinajstić information content (AvgIpc) is 2.53. The zero-order valence-electron chi connectivity index (χ0n) is 14.4. The topological polar surface area (TPSA) is 66.5 Å². The summed E-state index contributed by atoms with van der Waals surface area (Å²) in [6.45, 7) is 2.22. The third-order valence-corrected chi connectivity index (χ3v) is 5.22. The van der Waals surface area contributed by atoms with Crippen LogP contribution < -0.4 is 5.32 Å². The van der Waals surface area contributed by atoms with Crippen molar-refractivity contribution in [3.05, 3.63) is 59.4 Å². The van der Waals surface area contributed by atoms with E-state index in [0.29, 0.717) is 5.56 Å². The molecule has 0 unspecified atom stereocenters. The zero-order chi connectivity index (χ0) is 18.6. The first kappa shape index (κ1) is 19.1. The van der Waals surface area contributed by atoms with Gasteiger partial charge >= 0.3 is 0 Å². The van der Waals surface area contributed by atoms with E-state index in [1.54, 1.807) is 24.3 Å². The number of benzene rings is 2. The zero-order valence-corrected chi connectivity index (χ0v) is 15.2. The molecule has 0 atom stereocenters. The number of rotatable bonds is 6. The first-order valence-corrected chi connectivity index (χ1v) is 9.59. The van der Waals surface area contributed by atoms with Gasteiger partial charge in [-0.1, -0.05) is 18.2 Å². The second-order valence-corrected chi connectivity index (χ2v) is 7.97. The van der Waals surface area contributed by atoms with E-state index in [0.717, 1.165) is 22.9 Å². The van der Waals surface area contributed by atoms with Crippen LogP contribution in [0.25, 0.3) is 11.1 Å². The molecule has 0 aliphatic carbocycles. The molecule has 0 radical (unpaired) electrons. The first-order valence-electron chi connectivity index (χ1n) is 7.74. The highest BCUT2D eigenvalue weighted by Gasteiger charge is 2.12. The first-order chi connectivity index (χ1) is 11.7. The van der Waals surface area contributed by atoms with Crippen LogP contribution >= 0.6 is 0 Å². The van der Waals surface area contributed by atoms with Crippen LogP contribution in [0.4, 0.5) is 4.39 Å². The molecule has 0 aliphatic rings. The van der Waals surface area contributed by atoms with Crippen molar-refractivity contribution in [2.24, 2.45) is 0 Å². The fraction of sp³-hybridized carbons (Fsp3) is 0.278. The number of aryl methyl sites for hydroxylation is 1. The molecular weight excluding hydrogens is 343 g/mol. The summed E-state index contributed by atoms with van der Waals surface area (Å²) in [6, 6.07) is 11.5. The van der Waals surface area contributed by atoms with Crippen molar-refractivity contribution in [3.8, 4) is 11.1 Å². The molecule has 0 bridgehead atoms. The molecule has 0 fully saturated rings. The van der Waals surface area contributed by atoms with Crippen molar-refractivity contribution in [3.63, 3.8) is 0 Å². The van der Waals surface area contributed by atoms with Gasteiger partial charge in [0.2, 0.25) is 10.0 Å². The number of nitrogens with zero attached hydrogens (tertiary/aromatic N) is 1. The van der Waals surface area contributed by atoms with E-state index in [-0.39, 0.29) is 24.8 Å². The summed E-state index contributed by atoms with van der Waals surface area (Å²) in [4.78, 5) is 12.3. The van der Waals surface area contributed by atoms with Crippen molar-refractivity contribution in [1.82, 2.24) is 9.62 Å². The van der Waals surface area contributed by atoms with E-state index >= 15 is 0 Å². The summed E-state index contributed by atoms with van der Waals surface area (Å²) in [7, 11) is -1.81. The molecule has 0 aromatic heterocycles. The van der Waals surface area contributed by atoms with Gasteiger partial charge in [-0.15, -0.1) is 0 Å². The lowest BCUT2D eigenvalue weighted by atomic mass is 9.98. The number of nitrogens with one attached hydrogen (secondary N) is 1. The van der Waals surface area contributed by atoms with E-state index in [9.17, 15) is 17.6 Å². The second kappa shape index (κ2) is 7.76. The van der Waals surface area contributed by atoms with Crippen LogP contribution in [0.2, 0.25) is 0 Å². The van der Waals surface area contributed by atoms with Crippen molar-refractivity contribution in [1.29, 1.82) is 0 Å². The number of amides is 1. The van der Waals surface area contributed by atoms with Crippen LogP contribution in [0.3, 0.4) is 0 Å². The quantitative estimate of drug-likeness (QED) is 0.856. The summed E-state index contributed by atoms with van der Waals surface area (Å²) < 4.78 is 37.1. The average molecular weight is 364 g/mol. The Labute approximate surface area is 147 Å². The monoisotopic (exact) mass is 364 g/mol. The van der Waals surface area contributed by atoms with E-state index in [2.05, 4.69) is 5.32 Å². The number of hydrogen-bond donors (Lipinski definition) is 1. The fourth-order valence-electron chi connectivity index (χ4n) is 2.37. The number of likely N-dealkylation sites (N-methyl/N-ethyl adjacent to an activating group) is 1. The van der Waals surface area contributed by atoms with Gasteiger partial charge in [0.25, 0.3) is 5.91 Å². The fourth-order valence-corrected chi connectivity index (χ4v) is 2.80. The Bertz CT molecular complexity index is 882. The Morgan fingerprint density at radius 2 is 1.92 bits per heavy atom. The lowest BCUT2D eigenvalue weighted by Crippen LogP contribution is -2.35. The van der Waals surface area contributed by atoms with Gasteiger partial charge in [0.15, 0.2) is 0 Å². The largest absolute Gasteiger partial charge is 0.351 e. The molecule has 2 aromatic rings. The van der Waals surface area contributed by atoms with E-state index in [1.165, 1.54) is 23.5 Å². The number of hydrogen-bond acceptors (Lipinski definition) is 3. The highest BCUT2D eigenvalue weighted by molar-refractivity contribution is 7.88. The van der Waals surface area contributed by atoms with Gasteiger partial charge in [-0.05, 0) is 47.9 Å². The summed E-state index contributed by atoms with van der Waals surface area (Å²) in [5.74, 6) is -0.589. The normalized spacial score (nSPS) is 11.6. The van der Waals surface area contributed by atoms with Crippen LogP contribution in [0, 0.1) is 12.7 Å². The molecule has 0 spiro atoms. The predicted octanol–water partition coefficient (Wildman–Crippen LogP) is 2.42. The highest BCUT2D eigenvalue weighted by Crippen LogP contribution is 2.24. The minimum Gasteiger partial charge on any atom is -0.351 e. The molecule has 0 saturated carbocycles. The number of sulfonamides is 1. The van der Waals surface area contributed by atoms with Crippen molar-refractivity contribution < 1.29 is 17.6 Å². The van der Waals surface area contributed by atoms with Gasteiger partial charge in [-0.2, -0.15) is 0 Å². The molecule has 1 N–H and O–H groups in total. The lowest BCUT2D eigenvalue weighted by Gasteiger charge is -2.14. The highest BCUT2D eigenvalue weighted by atomic mass is 32.2. The summed E-state index contributed by atoms with van der Waals surface area (Å²) in [5, 5.41) is 2.70. The molecule has 1 amide bonds. The van der Waals surface area contributed by atoms with Gasteiger partial charge in [-0.3, -0.25) is 4.79 Å². The standard InChI is InChI=1S/C18H21FN2O3S/c1-13-11-16(19)7-8-17(13)14-5-4-6-15(12-14)18(22)20-9-10-21(2)25(3,23)24/h4-8,11-12H,9-10H2,1-3H3,(H,20,22). The molecule has 0 saturated heterocycles. The Balaban J connectivity index is 2.09. The molecule has 2 aromatic carbocycles. The Hall–Kier alpha value is -2.25. The van der Waals surface area contributed by atoms with Crippen molar-refractivity contribution in [2.75, 3.05) is 26.4 Å². The third kappa shape index (κ3) is 5.11. The van der Waals surface area contributed by atoms with Gasteiger partial charge in [-0.25, -0.2) is 17.1 Å².